The molecule has 0 N–H and O–H groups in total. The summed E-state index contributed by atoms with van der Waals surface area (Å²) in [5.74, 6) is 0. The van der Waals surface area contributed by atoms with Gasteiger partial charge in [-0.05, 0) is 104 Å². The van der Waals surface area contributed by atoms with E-state index >= 15 is 0 Å². The molecule has 0 aliphatic rings. The van der Waals surface area contributed by atoms with Crippen LogP contribution in [-0.2, 0) is 0 Å². The Morgan fingerprint density at radius 3 is 1.70 bits per heavy atom. The molecule has 3 aromatic heterocycles. The van der Waals surface area contributed by atoms with Gasteiger partial charge in [0, 0.05) is 33.0 Å². The molecule has 7 aromatic carbocycles. The van der Waals surface area contributed by atoms with E-state index in [0.29, 0.717) is 0 Å². The zero-order valence-corrected chi connectivity index (χ0v) is 27.8. The van der Waals surface area contributed by atoms with Crippen LogP contribution in [-0.4, -0.2) is 9.97 Å². The lowest BCUT2D eigenvalue weighted by Crippen LogP contribution is -2.10. The second-order valence-corrected chi connectivity index (χ2v) is 13.8. The molecule has 10 rings (SSSR count). The Balaban J connectivity index is 1.08. The molecule has 0 atom stereocenters. The molecule has 0 unspecified atom stereocenters. The number of hydrogen-bond donors (Lipinski definition) is 0. The third-order valence-corrected chi connectivity index (χ3v) is 10.8. The Kier molecular flexibility index (Phi) is 6.68. The van der Waals surface area contributed by atoms with Gasteiger partial charge in [0.1, 0.15) is 0 Å². The first kappa shape index (κ1) is 28.6. The minimum absolute atomic E-state index is 0.998. The van der Waals surface area contributed by atoms with E-state index in [1.807, 2.05) is 18.5 Å². The number of aromatic nitrogens is 2. The summed E-state index contributed by atoms with van der Waals surface area (Å²) < 4.78 is 2.43. The highest BCUT2D eigenvalue weighted by Crippen LogP contribution is 2.41. The summed E-state index contributed by atoms with van der Waals surface area (Å²) in [5, 5.41) is 7.33. The van der Waals surface area contributed by atoms with Gasteiger partial charge in [-0.3, -0.25) is 9.97 Å². The van der Waals surface area contributed by atoms with Gasteiger partial charge in [-0.25, -0.2) is 0 Å². The summed E-state index contributed by atoms with van der Waals surface area (Å²) in [7, 11) is 0. The lowest BCUT2D eigenvalue weighted by molar-refractivity contribution is 1.26. The molecule has 3 heterocycles. The van der Waals surface area contributed by atoms with Crippen molar-refractivity contribution in [3.05, 3.63) is 176 Å². The number of anilines is 3. The first-order chi connectivity index (χ1) is 24.7. The summed E-state index contributed by atoms with van der Waals surface area (Å²) in [4.78, 5) is 12.0. The van der Waals surface area contributed by atoms with Gasteiger partial charge in [0.2, 0.25) is 0 Å². The van der Waals surface area contributed by atoms with Gasteiger partial charge >= 0.3 is 0 Å². The first-order valence-corrected chi connectivity index (χ1v) is 17.6. The molecule has 3 nitrogen and oxygen atoms in total. The fourth-order valence-electron chi connectivity index (χ4n) is 7.11. The van der Waals surface area contributed by atoms with Gasteiger partial charge in [0.25, 0.3) is 0 Å². The highest BCUT2D eigenvalue weighted by molar-refractivity contribution is 7.25. The van der Waals surface area contributed by atoms with Crippen LogP contribution in [0.15, 0.2) is 176 Å². The molecule has 0 aliphatic heterocycles. The maximum absolute atomic E-state index is 5.10. The lowest BCUT2D eigenvalue weighted by Gasteiger charge is -2.25. The van der Waals surface area contributed by atoms with Gasteiger partial charge in [-0.1, -0.05) is 103 Å². The number of hydrogen-bond acceptors (Lipinski definition) is 4. The van der Waals surface area contributed by atoms with Crippen molar-refractivity contribution in [2.24, 2.45) is 0 Å². The second kappa shape index (κ2) is 11.7. The maximum Gasteiger partial charge on any atom is 0.0890 e. The summed E-state index contributed by atoms with van der Waals surface area (Å²) in [6, 6.07) is 58.9. The van der Waals surface area contributed by atoms with Crippen molar-refractivity contribution >= 4 is 81.1 Å². The van der Waals surface area contributed by atoms with Crippen LogP contribution < -0.4 is 4.90 Å². The van der Waals surface area contributed by atoms with Gasteiger partial charge in [0.05, 0.1) is 27.6 Å². The third-order valence-electron chi connectivity index (χ3n) is 9.69. The standard InChI is InChI=1S/C46H29N3S/c1-2-7-34-24-37(13-11-30(34)6-1)31-15-19-39(20-16-31)49(40-21-17-32(18-22-40)38-14-12-33-10-5-23-47-43(33)26-38)41-28-45-46(48-29-41)42-25-35-8-3-4-9-36(35)27-44(42)50-45/h1-29H. The predicted octanol–water partition coefficient (Wildman–Crippen LogP) is 13.1. The fraction of sp³-hybridized carbons (Fsp3) is 0. The zero-order valence-electron chi connectivity index (χ0n) is 27.0. The van der Waals surface area contributed by atoms with Crippen molar-refractivity contribution in [1.82, 2.24) is 9.97 Å². The van der Waals surface area contributed by atoms with Gasteiger partial charge in [-0.2, -0.15) is 0 Å². The lowest BCUT2D eigenvalue weighted by atomic mass is 10.0. The average molecular weight is 656 g/mol. The van der Waals surface area contributed by atoms with E-state index in [1.165, 1.54) is 47.5 Å². The van der Waals surface area contributed by atoms with Crippen LogP contribution in [0.3, 0.4) is 0 Å². The predicted molar refractivity (Wildman–Crippen MR) is 213 cm³/mol. The van der Waals surface area contributed by atoms with Crippen LogP contribution in [0.4, 0.5) is 17.1 Å². The molecule has 0 spiro atoms. The summed E-state index contributed by atoms with van der Waals surface area (Å²) in [5.41, 5.74) is 9.90. The fourth-order valence-corrected chi connectivity index (χ4v) is 8.24. The van der Waals surface area contributed by atoms with Crippen molar-refractivity contribution < 1.29 is 0 Å². The highest BCUT2D eigenvalue weighted by Gasteiger charge is 2.17. The largest absolute Gasteiger partial charge is 0.309 e. The average Bonchev–Trinajstić information content (AvgIpc) is 3.53. The molecule has 0 aliphatic carbocycles. The van der Waals surface area contributed by atoms with Crippen LogP contribution in [0, 0.1) is 0 Å². The molecule has 10 aromatic rings. The molecule has 0 saturated carbocycles. The maximum atomic E-state index is 5.10. The number of thiophene rings is 1. The van der Waals surface area contributed by atoms with Gasteiger partial charge in [-0.15, -0.1) is 11.3 Å². The Bertz CT molecular complexity index is 2750. The Labute approximate surface area is 293 Å². The second-order valence-electron chi connectivity index (χ2n) is 12.7. The van der Waals surface area contributed by atoms with E-state index < -0.39 is 0 Å². The Hall–Kier alpha value is -6.36. The summed E-state index contributed by atoms with van der Waals surface area (Å²) in [6.07, 6.45) is 3.87. The molecule has 0 bridgehead atoms. The van der Waals surface area contributed by atoms with Crippen molar-refractivity contribution in [2.75, 3.05) is 4.90 Å². The highest BCUT2D eigenvalue weighted by atomic mass is 32.1. The minimum Gasteiger partial charge on any atom is -0.309 e. The van der Waals surface area contributed by atoms with Crippen LogP contribution >= 0.6 is 11.3 Å². The van der Waals surface area contributed by atoms with Crippen molar-refractivity contribution in [3.63, 3.8) is 0 Å². The van der Waals surface area contributed by atoms with E-state index in [0.717, 1.165) is 44.6 Å². The van der Waals surface area contributed by atoms with E-state index in [9.17, 15) is 0 Å². The number of fused-ring (bicyclic) bond motifs is 6. The van der Waals surface area contributed by atoms with Crippen LogP contribution in [0.5, 0.6) is 0 Å². The monoisotopic (exact) mass is 655 g/mol. The smallest absolute Gasteiger partial charge is 0.0890 e. The Morgan fingerprint density at radius 2 is 0.980 bits per heavy atom. The molecule has 0 saturated heterocycles. The molecular formula is C46H29N3S. The Morgan fingerprint density at radius 1 is 0.400 bits per heavy atom. The SMILES string of the molecule is c1ccc2cc(-c3ccc(N(c4ccc(-c5ccc6cccnc6c5)cc4)c4cnc5c(c4)sc4cc6ccccc6cc45)cc3)ccc2c1. The quantitative estimate of drug-likeness (QED) is 0.185. The number of pyridine rings is 2. The van der Waals surface area contributed by atoms with Crippen molar-refractivity contribution in [2.45, 2.75) is 0 Å². The van der Waals surface area contributed by atoms with E-state index in [-0.39, 0.29) is 0 Å². The van der Waals surface area contributed by atoms with E-state index in [2.05, 4.69) is 168 Å². The molecule has 4 heteroatoms. The molecule has 0 radical (unpaired) electrons. The van der Waals surface area contributed by atoms with E-state index in [1.54, 1.807) is 11.3 Å². The first-order valence-electron chi connectivity index (χ1n) is 16.8. The molecule has 234 valence electrons. The minimum atomic E-state index is 0.998. The third kappa shape index (κ3) is 4.97. The number of rotatable bonds is 5. The van der Waals surface area contributed by atoms with E-state index in [4.69, 9.17) is 4.98 Å². The number of nitrogens with zero attached hydrogens (tertiary/aromatic N) is 3. The van der Waals surface area contributed by atoms with Crippen molar-refractivity contribution in [1.29, 1.82) is 0 Å². The zero-order chi connectivity index (χ0) is 33.0. The van der Waals surface area contributed by atoms with Crippen LogP contribution in [0.25, 0.3) is 75.0 Å². The van der Waals surface area contributed by atoms with Gasteiger partial charge < -0.3 is 4.90 Å². The van der Waals surface area contributed by atoms with Crippen molar-refractivity contribution in [3.8, 4) is 22.3 Å². The molecule has 0 amide bonds. The molecular weight excluding hydrogens is 627 g/mol. The molecule has 0 fully saturated rings. The van der Waals surface area contributed by atoms with Gasteiger partial charge in [0.15, 0.2) is 0 Å². The van der Waals surface area contributed by atoms with Crippen LogP contribution in [0.1, 0.15) is 0 Å². The van der Waals surface area contributed by atoms with Crippen LogP contribution in [0.2, 0.25) is 0 Å². The topological polar surface area (TPSA) is 29.0 Å². The summed E-state index contributed by atoms with van der Waals surface area (Å²) >= 11 is 1.80. The summed E-state index contributed by atoms with van der Waals surface area (Å²) in [6.45, 7) is 0. The normalized spacial score (nSPS) is 11.6. The molecule has 50 heavy (non-hydrogen) atoms. The number of benzene rings is 7.